The van der Waals surface area contributed by atoms with Gasteiger partial charge in [0.15, 0.2) is 0 Å². The molecule has 1 N–H and O–H groups in total. The lowest BCUT2D eigenvalue weighted by Crippen LogP contribution is -2.48. The molecule has 0 bridgehead atoms. The molecule has 0 saturated carbocycles. The maximum Gasteiger partial charge on any atom is 0.227 e. The second-order valence-corrected chi connectivity index (χ2v) is 6.01. The number of piperidine rings is 1. The van der Waals surface area contributed by atoms with Crippen LogP contribution in [0, 0.1) is 0 Å². The van der Waals surface area contributed by atoms with E-state index in [0.29, 0.717) is 18.5 Å². The quantitative estimate of drug-likeness (QED) is 0.890. The van der Waals surface area contributed by atoms with Crippen molar-refractivity contribution >= 4 is 16.8 Å². The zero-order chi connectivity index (χ0) is 14.1. The molecule has 1 aliphatic rings. The molecule has 2 aromatic rings. The summed E-state index contributed by atoms with van der Waals surface area (Å²) in [6.45, 7) is 4.34. The summed E-state index contributed by atoms with van der Waals surface area (Å²) >= 11 is 0. The Morgan fingerprint density at radius 2 is 2.00 bits per heavy atom. The van der Waals surface area contributed by atoms with Gasteiger partial charge in [0.05, 0.1) is 6.42 Å². The van der Waals surface area contributed by atoms with E-state index in [1.807, 2.05) is 6.20 Å². The van der Waals surface area contributed by atoms with Crippen LogP contribution in [0.1, 0.15) is 38.7 Å². The van der Waals surface area contributed by atoms with E-state index < -0.39 is 0 Å². The van der Waals surface area contributed by atoms with Gasteiger partial charge in [0, 0.05) is 23.8 Å². The fraction of sp³-hybridized carbons (Fsp3) is 0.471. The smallest absolute Gasteiger partial charge is 0.227 e. The molecule has 2 heterocycles. The molecule has 1 aliphatic heterocycles. The van der Waals surface area contributed by atoms with Crippen molar-refractivity contribution in [3.63, 3.8) is 0 Å². The first kappa shape index (κ1) is 13.2. The Kier molecular flexibility index (Phi) is 3.51. The van der Waals surface area contributed by atoms with Gasteiger partial charge in [-0.05, 0) is 56.2 Å². The van der Waals surface area contributed by atoms with Crippen molar-refractivity contribution in [2.45, 2.75) is 51.6 Å². The zero-order valence-electron chi connectivity index (χ0n) is 12.2. The van der Waals surface area contributed by atoms with Crippen LogP contribution in [0.15, 0.2) is 30.5 Å². The molecule has 1 aromatic heterocycles. The number of hydrogen-bond donors (Lipinski definition) is 1. The molecule has 3 rings (SSSR count). The largest absolute Gasteiger partial charge is 0.361 e. The van der Waals surface area contributed by atoms with Gasteiger partial charge in [-0.2, -0.15) is 0 Å². The summed E-state index contributed by atoms with van der Waals surface area (Å²) < 4.78 is 0. The zero-order valence-corrected chi connectivity index (χ0v) is 12.2. The highest BCUT2D eigenvalue weighted by atomic mass is 16.2. The number of benzene rings is 1. The maximum atomic E-state index is 12.6. The first-order valence-corrected chi connectivity index (χ1v) is 7.52. The fourth-order valence-electron chi connectivity index (χ4n) is 3.38. The number of aromatic nitrogens is 1. The third kappa shape index (κ3) is 2.45. The van der Waals surface area contributed by atoms with Crippen LogP contribution in [0.3, 0.4) is 0 Å². The minimum atomic E-state index is 0.260. The van der Waals surface area contributed by atoms with Gasteiger partial charge in [-0.15, -0.1) is 0 Å². The topological polar surface area (TPSA) is 36.1 Å². The second kappa shape index (κ2) is 5.31. The Labute approximate surface area is 120 Å². The Hall–Kier alpha value is -1.77. The first-order valence-electron chi connectivity index (χ1n) is 7.52. The summed E-state index contributed by atoms with van der Waals surface area (Å²) in [5, 5.41) is 1.20. The van der Waals surface area contributed by atoms with Gasteiger partial charge in [0.1, 0.15) is 0 Å². The molecule has 3 heteroatoms. The standard InChI is InChI=1S/C17H22N2O/c1-12-4-3-5-13(2)19(12)17(20)11-14-6-7-15-8-9-18-16(15)10-14/h6-10,12-13,18H,3-5,11H2,1-2H3. The second-order valence-electron chi connectivity index (χ2n) is 6.01. The predicted molar refractivity (Wildman–Crippen MR) is 81.6 cm³/mol. The summed E-state index contributed by atoms with van der Waals surface area (Å²) in [5.41, 5.74) is 2.20. The number of carbonyl (C=O) groups excluding carboxylic acids is 1. The highest BCUT2D eigenvalue weighted by molar-refractivity contribution is 5.83. The molecule has 1 aromatic carbocycles. The van der Waals surface area contributed by atoms with Gasteiger partial charge >= 0.3 is 0 Å². The van der Waals surface area contributed by atoms with Crippen LogP contribution >= 0.6 is 0 Å². The number of fused-ring (bicyclic) bond motifs is 1. The van der Waals surface area contributed by atoms with Crippen molar-refractivity contribution in [2.75, 3.05) is 0 Å². The molecule has 1 amide bonds. The van der Waals surface area contributed by atoms with Crippen LogP contribution in [0.25, 0.3) is 10.9 Å². The molecule has 1 saturated heterocycles. The summed E-state index contributed by atoms with van der Waals surface area (Å²) in [7, 11) is 0. The number of likely N-dealkylation sites (tertiary alicyclic amines) is 1. The Morgan fingerprint density at radius 1 is 1.25 bits per heavy atom. The van der Waals surface area contributed by atoms with Gasteiger partial charge < -0.3 is 9.88 Å². The van der Waals surface area contributed by atoms with E-state index in [1.165, 1.54) is 11.8 Å². The van der Waals surface area contributed by atoms with Crippen LogP contribution in [-0.4, -0.2) is 27.9 Å². The minimum absolute atomic E-state index is 0.260. The van der Waals surface area contributed by atoms with Crippen molar-refractivity contribution in [1.82, 2.24) is 9.88 Å². The van der Waals surface area contributed by atoms with E-state index in [4.69, 9.17) is 0 Å². The highest BCUT2D eigenvalue weighted by Gasteiger charge is 2.28. The normalized spacial score (nSPS) is 23.2. The van der Waals surface area contributed by atoms with Gasteiger partial charge in [0.2, 0.25) is 5.91 Å². The lowest BCUT2D eigenvalue weighted by Gasteiger charge is -2.39. The summed E-state index contributed by atoms with van der Waals surface area (Å²) in [6, 6.07) is 9.04. The SMILES string of the molecule is CC1CCCC(C)N1C(=O)Cc1ccc2cc[nH]c2c1. The van der Waals surface area contributed by atoms with Crippen molar-refractivity contribution < 1.29 is 4.79 Å². The molecule has 106 valence electrons. The van der Waals surface area contributed by atoms with Crippen LogP contribution in [0.5, 0.6) is 0 Å². The van der Waals surface area contributed by atoms with Crippen molar-refractivity contribution in [3.8, 4) is 0 Å². The fourth-order valence-corrected chi connectivity index (χ4v) is 3.38. The lowest BCUT2D eigenvalue weighted by atomic mass is 9.96. The van der Waals surface area contributed by atoms with Crippen molar-refractivity contribution in [3.05, 3.63) is 36.0 Å². The lowest BCUT2D eigenvalue weighted by molar-refractivity contribution is -0.136. The average Bonchev–Trinajstić information content (AvgIpc) is 2.85. The van der Waals surface area contributed by atoms with Crippen LogP contribution in [-0.2, 0) is 11.2 Å². The van der Waals surface area contributed by atoms with Crippen LogP contribution < -0.4 is 0 Å². The Bertz CT molecular complexity index is 606. The number of aromatic amines is 1. The molecular weight excluding hydrogens is 248 g/mol. The van der Waals surface area contributed by atoms with Crippen LogP contribution in [0.2, 0.25) is 0 Å². The number of hydrogen-bond acceptors (Lipinski definition) is 1. The van der Waals surface area contributed by atoms with Gasteiger partial charge in [-0.25, -0.2) is 0 Å². The number of carbonyl (C=O) groups is 1. The van der Waals surface area contributed by atoms with E-state index in [-0.39, 0.29) is 5.91 Å². The predicted octanol–water partition coefficient (Wildman–Crippen LogP) is 3.50. The van der Waals surface area contributed by atoms with Crippen LogP contribution in [0.4, 0.5) is 0 Å². The number of nitrogens with one attached hydrogen (secondary N) is 1. The molecule has 0 spiro atoms. The van der Waals surface area contributed by atoms with E-state index in [1.54, 1.807) is 0 Å². The van der Waals surface area contributed by atoms with Crippen molar-refractivity contribution in [2.24, 2.45) is 0 Å². The third-order valence-electron chi connectivity index (χ3n) is 4.46. The molecule has 0 radical (unpaired) electrons. The number of H-pyrrole nitrogens is 1. The summed E-state index contributed by atoms with van der Waals surface area (Å²) in [6.07, 6.45) is 5.94. The first-order chi connectivity index (χ1) is 9.65. The third-order valence-corrected chi connectivity index (χ3v) is 4.46. The molecule has 2 atom stereocenters. The van der Waals surface area contributed by atoms with Crippen molar-refractivity contribution in [1.29, 1.82) is 0 Å². The number of amides is 1. The van der Waals surface area contributed by atoms with Gasteiger partial charge in [-0.1, -0.05) is 12.1 Å². The summed E-state index contributed by atoms with van der Waals surface area (Å²) in [4.78, 5) is 17.9. The number of rotatable bonds is 2. The monoisotopic (exact) mass is 270 g/mol. The van der Waals surface area contributed by atoms with Gasteiger partial charge in [0.25, 0.3) is 0 Å². The Balaban J connectivity index is 1.77. The molecule has 3 nitrogen and oxygen atoms in total. The molecule has 20 heavy (non-hydrogen) atoms. The summed E-state index contributed by atoms with van der Waals surface area (Å²) in [5.74, 6) is 0.260. The number of nitrogens with zero attached hydrogens (tertiary/aromatic N) is 1. The van der Waals surface area contributed by atoms with Gasteiger partial charge in [-0.3, -0.25) is 4.79 Å². The van der Waals surface area contributed by atoms with E-state index in [2.05, 4.69) is 48.0 Å². The minimum Gasteiger partial charge on any atom is -0.361 e. The molecular formula is C17H22N2O. The molecule has 1 fully saturated rings. The molecule has 0 aliphatic carbocycles. The Morgan fingerprint density at radius 3 is 2.75 bits per heavy atom. The van der Waals surface area contributed by atoms with E-state index in [0.717, 1.165) is 23.9 Å². The van der Waals surface area contributed by atoms with E-state index in [9.17, 15) is 4.79 Å². The van der Waals surface area contributed by atoms with E-state index >= 15 is 0 Å². The average molecular weight is 270 g/mol. The molecule has 2 unspecified atom stereocenters. The maximum absolute atomic E-state index is 12.6. The highest BCUT2D eigenvalue weighted by Crippen LogP contribution is 2.24.